The second-order valence-corrected chi connectivity index (χ2v) is 14.0. The molecule has 0 bridgehead atoms. The number of esters is 1. The van der Waals surface area contributed by atoms with Crippen LogP contribution in [0.4, 0.5) is 4.39 Å². The van der Waals surface area contributed by atoms with Gasteiger partial charge in [0.1, 0.15) is 34.5 Å². The van der Waals surface area contributed by atoms with E-state index < -0.39 is 17.8 Å². The van der Waals surface area contributed by atoms with Crippen molar-refractivity contribution in [3.63, 3.8) is 0 Å². The highest BCUT2D eigenvalue weighted by Crippen LogP contribution is 2.46. The first-order valence-corrected chi connectivity index (χ1v) is 18.5. The molecule has 0 spiro atoms. The molecular formula is C42H32ClFN4O7S. The fourth-order valence-corrected chi connectivity index (χ4v) is 7.61. The van der Waals surface area contributed by atoms with Crippen LogP contribution in [0, 0.1) is 12.7 Å². The third-order valence-electron chi connectivity index (χ3n) is 8.96. The Morgan fingerprint density at radius 2 is 1.73 bits per heavy atom. The number of halogens is 2. The zero-order valence-electron chi connectivity index (χ0n) is 30.0. The van der Waals surface area contributed by atoms with Gasteiger partial charge in [0, 0.05) is 23.1 Å². The molecule has 0 atom stereocenters. The minimum atomic E-state index is -0.979. The number of nitrogens with one attached hydrogen (secondary N) is 1. The van der Waals surface area contributed by atoms with Crippen LogP contribution in [-0.4, -0.2) is 44.1 Å². The van der Waals surface area contributed by atoms with Crippen molar-refractivity contribution in [2.75, 3.05) is 7.11 Å². The van der Waals surface area contributed by atoms with E-state index in [4.69, 9.17) is 25.8 Å². The number of carbonyl (C=O) groups is 2. The summed E-state index contributed by atoms with van der Waals surface area (Å²) in [6.45, 7) is 1.84. The van der Waals surface area contributed by atoms with Gasteiger partial charge >= 0.3 is 11.9 Å². The van der Waals surface area contributed by atoms with Crippen LogP contribution in [0.5, 0.6) is 17.2 Å². The lowest BCUT2D eigenvalue weighted by Crippen LogP contribution is -2.12. The van der Waals surface area contributed by atoms with Gasteiger partial charge in [0.25, 0.3) is 5.56 Å². The highest BCUT2D eigenvalue weighted by molar-refractivity contribution is 7.22. The number of hydrogen-bond acceptors (Lipinski definition) is 10. The molecule has 11 nitrogen and oxygen atoms in total. The van der Waals surface area contributed by atoms with Crippen LogP contribution in [0.15, 0.2) is 102 Å². The van der Waals surface area contributed by atoms with Crippen molar-refractivity contribution < 1.29 is 33.3 Å². The minimum absolute atomic E-state index is 0.0808. The molecule has 0 aliphatic rings. The van der Waals surface area contributed by atoms with Crippen LogP contribution < -0.4 is 19.8 Å². The van der Waals surface area contributed by atoms with Gasteiger partial charge in [-0.3, -0.25) is 14.4 Å². The Hall–Kier alpha value is -6.44. The van der Waals surface area contributed by atoms with Crippen molar-refractivity contribution in [3.05, 3.63) is 141 Å². The second kappa shape index (κ2) is 16.5. The number of rotatable bonds is 13. The second-order valence-electron chi connectivity index (χ2n) is 12.6. The van der Waals surface area contributed by atoms with E-state index in [2.05, 4.69) is 19.9 Å². The number of benzene rings is 4. The molecule has 0 amide bonds. The Balaban J connectivity index is 1.10. The van der Waals surface area contributed by atoms with Crippen molar-refractivity contribution in [2.24, 2.45) is 0 Å². The molecule has 0 saturated heterocycles. The molecule has 282 valence electrons. The molecule has 3 heterocycles. The number of carbonyl (C=O) groups excluding carboxylic acids is 1. The van der Waals surface area contributed by atoms with E-state index in [0.29, 0.717) is 71.5 Å². The lowest BCUT2D eigenvalue weighted by Gasteiger charge is -2.15. The van der Waals surface area contributed by atoms with E-state index >= 15 is 0 Å². The summed E-state index contributed by atoms with van der Waals surface area (Å²) < 4.78 is 31.1. The molecule has 0 radical (unpaired) electrons. The number of aliphatic carboxylic acids is 1. The fourth-order valence-electron chi connectivity index (χ4n) is 6.25. The number of carboxylic acid groups (broad SMARTS) is 1. The standard InChI is InChI=1S/C42H32ClFN4O7S/c1-23-29(36-37-41(52)46-22-47-42(37)56-39(36)25-8-11-27(44)12-9-25)13-15-33(38(23)43)55-35(51)20-24-7-14-31(26(19-24)10-16-34(49)50)54-21-28-17-18-45-40(48-28)30-5-3-4-6-32(30)53-2/h3-9,11-15,17-19,22H,10,16,20-21H2,1-2H3,(H,49,50)(H,46,47,52). The molecule has 0 unspecified atom stereocenters. The van der Waals surface area contributed by atoms with Crippen molar-refractivity contribution >= 4 is 45.1 Å². The summed E-state index contributed by atoms with van der Waals surface area (Å²) in [6.07, 6.45) is 2.82. The lowest BCUT2D eigenvalue weighted by atomic mass is 9.96. The van der Waals surface area contributed by atoms with Crippen LogP contribution >= 0.6 is 22.9 Å². The van der Waals surface area contributed by atoms with Gasteiger partial charge in [-0.05, 0) is 83.6 Å². The zero-order valence-corrected chi connectivity index (χ0v) is 31.5. The Morgan fingerprint density at radius 1 is 0.946 bits per heavy atom. The van der Waals surface area contributed by atoms with Gasteiger partial charge in [0.15, 0.2) is 5.82 Å². The molecule has 0 fully saturated rings. The molecular weight excluding hydrogens is 759 g/mol. The Bertz CT molecular complexity index is 2660. The van der Waals surface area contributed by atoms with Gasteiger partial charge in [0.2, 0.25) is 0 Å². The van der Waals surface area contributed by atoms with Crippen LogP contribution in [0.2, 0.25) is 5.02 Å². The quantitative estimate of drug-likeness (QED) is 0.0857. The van der Waals surface area contributed by atoms with Crippen molar-refractivity contribution in [1.29, 1.82) is 0 Å². The average molecular weight is 791 g/mol. The number of carboxylic acids is 1. The minimum Gasteiger partial charge on any atom is -0.496 e. The SMILES string of the molecule is COc1ccccc1-c1nccc(COc2ccc(CC(=O)Oc3ccc(-c4c(-c5ccc(F)cc5)sc5nc[nH]c(=O)c45)c(C)c3Cl)cc2CCC(=O)O)n1. The first kappa shape index (κ1) is 37.9. The normalized spacial score (nSPS) is 11.1. The van der Waals surface area contributed by atoms with Crippen LogP contribution in [-0.2, 0) is 29.0 Å². The third-order valence-corrected chi connectivity index (χ3v) is 10.6. The molecule has 0 saturated carbocycles. The van der Waals surface area contributed by atoms with Gasteiger partial charge in [-0.2, -0.15) is 0 Å². The number of aromatic nitrogens is 4. The van der Waals surface area contributed by atoms with Crippen LogP contribution in [0.3, 0.4) is 0 Å². The third kappa shape index (κ3) is 8.14. The molecule has 56 heavy (non-hydrogen) atoms. The number of thiophene rings is 1. The topological polar surface area (TPSA) is 154 Å². The number of methoxy groups -OCH3 is 1. The Morgan fingerprint density at radius 3 is 2.52 bits per heavy atom. The zero-order chi connectivity index (χ0) is 39.3. The summed E-state index contributed by atoms with van der Waals surface area (Å²) in [5.74, 6) is -0.304. The maximum Gasteiger partial charge on any atom is 0.315 e. The average Bonchev–Trinajstić information content (AvgIpc) is 3.59. The summed E-state index contributed by atoms with van der Waals surface area (Å²) in [7, 11) is 1.57. The number of para-hydroxylation sites is 1. The number of aryl methyl sites for hydroxylation is 1. The number of aromatic amines is 1. The van der Waals surface area contributed by atoms with Gasteiger partial charge in [-0.25, -0.2) is 19.3 Å². The summed E-state index contributed by atoms with van der Waals surface area (Å²) in [6, 6.07) is 23.5. The molecule has 0 aliphatic carbocycles. The molecule has 7 rings (SSSR count). The first-order valence-electron chi connectivity index (χ1n) is 17.3. The molecule has 4 aromatic carbocycles. The Kier molecular flexibility index (Phi) is 11.2. The van der Waals surface area contributed by atoms with E-state index in [9.17, 15) is 23.9 Å². The van der Waals surface area contributed by atoms with Crippen molar-refractivity contribution in [2.45, 2.75) is 32.8 Å². The molecule has 7 aromatic rings. The van der Waals surface area contributed by atoms with E-state index in [1.54, 1.807) is 68.8 Å². The molecule has 2 N–H and O–H groups in total. The lowest BCUT2D eigenvalue weighted by molar-refractivity contribution is -0.137. The van der Waals surface area contributed by atoms with Gasteiger partial charge in [-0.1, -0.05) is 54.1 Å². The smallest absolute Gasteiger partial charge is 0.315 e. The predicted molar refractivity (Wildman–Crippen MR) is 211 cm³/mol. The monoisotopic (exact) mass is 790 g/mol. The summed E-state index contributed by atoms with van der Waals surface area (Å²) >= 11 is 8.12. The first-order chi connectivity index (χ1) is 27.1. The van der Waals surface area contributed by atoms with Crippen molar-refractivity contribution in [1.82, 2.24) is 19.9 Å². The van der Waals surface area contributed by atoms with E-state index in [-0.39, 0.29) is 42.2 Å². The van der Waals surface area contributed by atoms with Crippen molar-refractivity contribution in [3.8, 4) is 50.2 Å². The maximum atomic E-state index is 13.8. The highest BCUT2D eigenvalue weighted by atomic mass is 35.5. The van der Waals surface area contributed by atoms with Crippen LogP contribution in [0.1, 0.15) is 28.8 Å². The summed E-state index contributed by atoms with van der Waals surface area (Å²) in [4.78, 5) is 55.1. The van der Waals surface area contributed by atoms with E-state index in [1.165, 1.54) is 29.8 Å². The van der Waals surface area contributed by atoms with Gasteiger partial charge in [-0.15, -0.1) is 11.3 Å². The van der Waals surface area contributed by atoms with E-state index in [0.717, 1.165) is 5.56 Å². The number of fused-ring (bicyclic) bond motifs is 1. The van der Waals surface area contributed by atoms with Gasteiger partial charge in [0.05, 0.1) is 41.5 Å². The fraction of sp³-hybridized carbons (Fsp3) is 0.143. The summed E-state index contributed by atoms with van der Waals surface area (Å²) in [5.41, 5.74) is 4.61. The number of H-pyrrole nitrogens is 1. The number of nitrogens with zero attached hydrogens (tertiary/aromatic N) is 3. The molecule has 0 aliphatic heterocycles. The highest BCUT2D eigenvalue weighted by Gasteiger charge is 2.23. The van der Waals surface area contributed by atoms with E-state index in [1.807, 2.05) is 24.3 Å². The largest absolute Gasteiger partial charge is 0.496 e. The number of hydrogen-bond donors (Lipinski definition) is 2. The Labute approximate surface area is 328 Å². The van der Waals surface area contributed by atoms with Crippen LogP contribution in [0.25, 0.3) is 43.2 Å². The van der Waals surface area contributed by atoms with Gasteiger partial charge < -0.3 is 24.3 Å². The predicted octanol–water partition coefficient (Wildman–Crippen LogP) is 8.63. The maximum absolute atomic E-state index is 13.8. The number of ether oxygens (including phenoxy) is 3. The molecule has 14 heteroatoms. The molecule has 3 aromatic heterocycles. The summed E-state index contributed by atoms with van der Waals surface area (Å²) in [5, 5.41) is 9.96.